The van der Waals surface area contributed by atoms with Crippen LogP contribution in [0.4, 0.5) is 4.79 Å². The van der Waals surface area contributed by atoms with E-state index in [0.717, 1.165) is 55.5 Å². The fourth-order valence-corrected chi connectivity index (χ4v) is 3.29. The molecule has 7 heteroatoms. The Labute approximate surface area is 136 Å². The SMILES string of the molecule is CCSCCCNC(=O)N[C@@H]1CCc2nnc(C(C)C)n2C1. The number of aryl methyl sites for hydroxylation is 1. The number of carbonyl (C=O) groups excluding carboxylic acids is 1. The van der Waals surface area contributed by atoms with Crippen LogP contribution in [0.5, 0.6) is 0 Å². The van der Waals surface area contributed by atoms with Gasteiger partial charge in [-0.3, -0.25) is 0 Å². The second kappa shape index (κ2) is 8.41. The summed E-state index contributed by atoms with van der Waals surface area (Å²) >= 11 is 1.90. The predicted octanol–water partition coefficient (Wildman–Crippen LogP) is 2.16. The third-order valence-electron chi connectivity index (χ3n) is 3.78. The number of hydrogen-bond acceptors (Lipinski definition) is 4. The minimum atomic E-state index is -0.0610. The molecule has 2 rings (SSSR count). The van der Waals surface area contributed by atoms with E-state index >= 15 is 0 Å². The summed E-state index contributed by atoms with van der Waals surface area (Å²) in [4.78, 5) is 11.9. The number of urea groups is 1. The molecule has 2 heterocycles. The van der Waals surface area contributed by atoms with Crippen LogP contribution in [0.3, 0.4) is 0 Å². The molecule has 1 aliphatic rings. The van der Waals surface area contributed by atoms with Gasteiger partial charge in [0.1, 0.15) is 11.6 Å². The van der Waals surface area contributed by atoms with E-state index in [1.165, 1.54) is 0 Å². The summed E-state index contributed by atoms with van der Waals surface area (Å²) in [6, 6.07) is 0.0973. The number of hydrogen-bond donors (Lipinski definition) is 2. The molecule has 0 fully saturated rings. The Balaban J connectivity index is 1.77. The number of rotatable bonds is 7. The van der Waals surface area contributed by atoms with Crippen molar-refractivity contribution in [3.05, 3.63) is 11.6 Å². The summed E-state index contributed by atoms with van der Waals surface area (Å²) in [5, 5.41) is 14.5. The highest BCUT2D eigenvalue weighted by Crippen LogP contribution is 2.19. The van der Waals surface area contributed by atoms with Crippen molar-refractivity contribution in [2.75, 3.05) is 18.1 Å². The molecule has 22 heavy (non-hydrogen) atoms. The minimum absolute atomic E-state index is 0.0610. The second-order valence-electron chi connectivity index (χ2n) is 5.93. The molecule has 0 bridgehead atoms. The lowest BCUT2D eigenvalue weighted by Crippen LogP contribution is -2.46. The van der Waals surface area contributed by atoms with Gasteiger partial charge in [0.25, 0.3) is 0 Å². The van der Waals surface area contributed by atoms with Gasteiger partial charge in [-0.25, -0.2) is 4.79 Å². The second-order valence-corrected chi connectivity index (χ2v) is 7.32. The molecule has 124 valence electrons. The molecule has 0 aliphatic carbocycles. The highest BCUT2D eigenvalue weighted by molar-refractivity contribution is 7.99. The van der Waals surface area contributed by atoms with Crippen LogP contribution >= 0.6 is 11.8 Å². The summed E-state index contributed by atoms with van der Waals surface area (Å²) in [5.74, 6) is 4.64. The van der Waals surface area contributed by atoms with E-state index in [-0.39, 0.29) is 12.1 Å². The summed E-state index contributed by atoms with van der Waals surface area (Å²) in [6.07, 6.45) is 2.82. The molecule has 0 saturated heterocycles. The zero-order valence-electron chi connectivity index (χ0n) is 13.8. The Bertz CT molecular complexity index is 488. The molecule has 1 aromatic heterocycles. The van der Waals surface area contributed by atoms with Gasteiger partial charge in [0.2, 0.25) is 0 Å². The first-order valence-corrected chi connectivity index (χ1v) is 9.31. The van der Waals surface area contributed by atoms with E-state index in [2.05, 4.69) is 46.2 Å². The van der Waals surface area contributed by atoms with Gasteiger partial charge in [-0.1, -0.05) is 20.8 Å². The van der Waals surface area contributed by atoms with E-state index in [1.807, 2.05) is 11.8 Å². The molecule has 1 atom stereocenters. The smallest absolute Gasteiger partial charge is 0.315 e. The highest BCUT2D eigenvalue weighted by atomic mass is 32.2. The summed E-state index contributed by atoms with van der Waals surface area (Å²) in [5.41, 5.74) is 0. The first kappa shape index (κ1) is 17.1. The highest BCUT2D eigenvalue weighted by Gasteiger charge is 2.24. The number of thioether (sulfide) groups is 1. The molecular formula is C15H27N5OS. The summed E-state index contributed by atoms with van der Waals surface area (Å²) in [6.45, 7) is 7.90. The van der Waals surface area contributed by atoms with Gasteiger partial charge in [-0.2, -0.15) is 11.8 Å². The third kappa shape index (κ3) is 4.63. The quantitative estimate of drug-likeness (QED) is 0.754. The third-order valence-corrected chi connectivity index (χ3v) is 4.77. The number of fused-ring (bicyclic) bond motifs is 1. The van der Waals surface area contributed by atoms with Gasteiger partial charge >= 0.3 is 6.03 Å². The van der Waals surface area contributed by atoms with Crippen molar-refractivity contribution < 1.29 is 4.79 Å². The number of aromatic nitrogens is 3. The fraction of sp³-hybridized carbons (Fsp3) is 0.800. The largest absolute Gasteiger partial charge is 0.338 e. The molecule has 0 unspecified atom stereocenters. The Kier molecular flexibility index (Phi) is 6.54. The van der Waals surface area contributed by atoms with E-state index in [9.17, 15) is 4.79 Å². The Morgan fingerprint density at radius 3 is 3.00 bits per heavy atom. The first-order chi connectivity index (χ1) is 10.6. The van der Waals surface area contributed by atoms with Crippen LogP contribution in [0, 0.1) is 0 Å². The number of amides is 2. The van der Waals surface area contributed by atoms with Gasteiger partial charge in [0.15, 0.2) is 0 Å². The maximum absolute atomic E-state index is 11.9. The number of nitrogens with zero attached hydrogens (tertiary/aromatic N) is 3. The number of carbonyl (C=O) groups is 1. The Morgan fingerprint density at radius 2 is 2.27 bits per heavy atom. The van der Waals surface area contributed by atoms with Crippen molar-refractivity contribution >= 4 is 17.8 Å². The van der Waals surface area contributed by atoms with Crippen molar-refractivity contribution in [1.29, 1.82) is 0 Å². The molecule has 2 amide bonds. The van der Waals surface area contributed by atoms with Crippen molar-refractivity contribution in [3.63, 3.8) is 0 Å². The molecule has 0 aromatic carbocycles. The maximum atomic E-state index is 11.9. The van der Waals surface area contributed by atoms with E-state index in [1.54, 1.807) is 0 Å². The van der Waals surface area contributed by atoms with E-state index < -0.39 is 0 Å². The van der Waals surface area contributed by atoms with Crippen LogP contribution < -0.4 is 10.6 Å². The first-order valence-electron chi connectivity index (χ1n) is 8.15. The van der Waals surface area contributed by atoms with Crippen LogP contribution in [-0.2, 0) is 13.0 Å². The van der Waals surface area contributed by atoms with Crippen LogP contribution in [0.15, 0.2) is 0 Å². The summed E-state index contributed by atoms with van der Waals surface area (Å²) in [7, 11) is 0. The maximum Gasteiger partial charge on any atom is 0.315 e. The van der Waals surface area contributed by atoms with Crippen LogP contribution in [0.2, 0.25) is 0 Å². The molecule has 1 aromatic rings. The van der Waals surface area contributed by atoms with E-state index in [0.29, 0.717) is 5.92 Å². The zero-order valence-corrected chi connectivity index (χ0v) is 14.6. The lowest BCUT2D eigenvalue weighted by molar-refractivity contribution is 0.232. The lowest BCUT2D eigenvalue weighted by Gasteiger charge is -2.26. The average molecular weight is 325 g/mol. The fourth-order valence-electron chi connectivity index (χ4n) is 2.65. The van der Waals surface area contributed by atoms with Crippen LogP contribution in [0.25, 0.3) is 0 Å². The van der Waals surface area contributed by atoms with Crippen molar-refractivity contribution in [3.8, 4) is 0 Å². The molecule has 6 nitrogen and oxygen atoms in total. The van der Waals surface area contributed by atoms with Gasteiger partial charge in [0.05, 0.1) is 0 Å². The van der Waals surface area contributed by atoms with E-state index in [4.69, 9.17) is 0 Å². The van der Waals surface area contributed by atoms with Gasteiger partial charge < -0.3 is 15.2 Å². The molecule has 0 saturated carbocycles. The summed E-state index contributed by atoms with van der Waals surface area (Å²) < 4.78 is 2.16. The molecule has 1 aliphatic heterocycles. The van der Waals surface area contributed by atoms with Gasteiger partial charge in [0, 0.05) is 31.5 Å². The van der Waals surface area contributed by atoms with Gasteiger partial charge in [-0.05, 0) is 24.3 Å². The van der Waals surface area contributed by atoms with Crippen molar-refractivity contribution in [2.24, 2.45) is 0 Å². The van der Waals surface area contributed by atoms with Crippen LogP contribution in [0.1, 0.15) is 51.2 Å². The number of nitrogens with one attached hydrogen (secondary N) is 2. The Hall–Kier alpha value is -1.24. The Morgan fingerprint density at radius 1 is 1.45 bits per heavy atom. The molecular weight excluding hydrogens is 298 g/mol. The molecule has 0 spiro atoms. The van der Waals surface area contributed by atoms with Crippen LogP contribution in [-0.4, -0.2) is 44.9 Å². The zero-order chi connectivity index (χ0) is 15.9. The standard InChI is InChI=1S/C15H27N5OS/c1-4-22-9-5-8-16-15(21)17-12-6-7-13-18-19-14(11(2)3)20(13)10-12/h11-12H,4-10H2,1-3H3,(H2,16,17,21)/t12-/m1/s1. The predicted molar refractivity (Wildman–Crippen MR) is 90.4 cm³/mol. The van der Waals surface area contributed by atoms with Gasteiger partial charge in [-0.15, -0.1) is 10.2 Å². The van der Waals surface area contributed by atoms with Crippen molar-refractivity contribution in [1.82, 2.24) is 25.4 Å². The average Bonchev–Trinajstić information content (AvgIpc) is 2.90. The molecule has 2 N–H and O–H groups in total. The molecule has 0 radical (unpaired) electrons. The minimum Gasteiger partial charge on any atom is -0.338 e. The lowest BCUT2D eigenvalue weighted by atomic mass is 10.1. The van der Waals surface area contributed by atoms with Crippen molar-refractivity contribution in [2.45, 2.75) is 58.5 Å². The monoisotopic (exact) mass is 325 g/mol. The topological polar surface area (TPSA) is 71.8 Å². The normalized spacial score (nSPS) is 17.4.